The van der Waals surface area contributed by atoms with Gasteiger partial charge >= 0.3 is 12.4 Å². The van der Waals surface area contributed by atoms with Crippen LogP contribution in [0, 0.1) is 0 Å². The Hall–Kier alpha value is -3.04. The van der Waals surface area contributed by atoms with Gasteiger partial charge in [0.25, 0.3) is 5.91 Å². The second-order valence-corrected chi connectivity index (χ2v) is 6.41. The molecule has 0 radical (unpaired) electrons. The van der Waals surface area contributed by atoms with Crippen LogP contribution >= 0.6 is 0 Å². The van der Waals surface area contributed by atoms with Crippen LogP contribution in [-0.2, 0) is 23.6 Å². The number of alkyl halides is 6. The van der Waals surface area contributed by atoms with Gasteiger partial charge < -0.3 is 10.2 Å². The van der Waals surface area contributed by atoms with E-state index in [2.05, 4.69) is 5.32 Å². The van der Waals surface area contributed by atoms with Crippen molar-refractivity contribution in [1.29, 1.82) is 0 Å². The summed E-state index contributed by atoms with van der Waals surface area (Å²) in [7, 11) is 3.17. The zero-order valence-corrected chi connectivity index (χ0v) is 15.3. The van der Waals surface area contributed by atoms with Gasteiger partial charge in [-0.3, -0.25) is 9.59 Å². The van der Waals surface area contributed by atoms with E-state index in [1.54, 1.807) is 14.1 Å². The van der Waals surface area contributed by atoms with Crippen LogP contribution in [0.5, 0.6) is 0 Å². The minimum atomic E-state index is -5.04. The third kappa shape index (κ3) is 5.97. The molecular formula is C19H16F6N2O2. The summed E-state index contributed by atoms with van der Waals surface area (Å²) in [6.07, 6.45) is -9.99. The molecule has 0 aliphatic heterocycles. The standard InChI is InChI=1S/C19H16F6N2O2/c1-27(2)16(28)7-11-3-5-15(6-4-11)26-17(29)12-8-13(18(20,21)22)10-14(9-12)19(23,24)25/h3-6,8-10H,7H2,1-2H3,(H,26,29). The van der Waals surface area contributed by atoms with Crippen molar-refractivity contribution >= 4 is 17.5 Å². The molecule has 4 nitrogen and oxygen atoms in total. The summed E-state index contributed by atoms with van der Waals surface area (Å²) in [6, 6.07) is 6.49. The Labute approximate surface area is 162 Å². The number of benzene rings is 2. The Morgan fingerprint density at radius 3 is 1.76 bits per heavy atom. The van der Waals surface area contributed by atoms with E-state index >= 15 is 0 Å². The van der Waals surface area contributed by atoms with E-state index in [0.29, 0.717) is 17.7 Å². The van der Waals surface area contributed by atoms with Crippen LogP contribution in [0.4, 0.5) is 32.0 Å². The van der Waals surface area contributed by atoms with Crippen molar-refractivity contribution < 1.29 is 35.9 Å². The molecule has 0 bridgehead atoms. The first-order valence-electron chi connectivity index (χ1n) is 8.17. The molecule has 0 atom stereocenters. The quantitative estimate of drug-likeness (QED) is 0.738. The number of carbonyl (C=O) groups is 2. The molecule has 2 aromatic rings. The molecular weight excluding hydrogens is 402 g/mol. The Kier molecular flexibility index (Phi) is 6.24. The molecule has 1 N–H and O–H groups in total. The largest absolute Gasteiger partial charge is 0.416 e. The molecule has 0 saturated carbocycles. The molecule has 0 spiro atoms. The van der Waals surface area contributed by atoms with Gasteiger partial charge in [-0.05, 0) is 35.9 Å². The first kappa shape index (κ1) is 22.3. The topological polar surface area (TPSA) is 49.4 Å². The van der Waals surface area contributed by atoms with Crippen molar-refractivity contribution in [2.24, 2.45) is 0 Å². The lowest BCUT2D eigenvalue weighted by Gasteiger charge is -2.14. The average Bonchev–Trinajstić information content (AvgIpc) is 2.61. The number of nitrogens with zero attached hydrogens (tertiary/aromatic N) is 1. The zero-order valence-electron chi connectivity index (χ0n) is 15.3. The van der Waals surface area contributed by atoms with Gasteiger partial charge in [0.15, 0.2) is 0 Å². The van der Waals surface area contributed by atoms with Crippen molar-refractivity contribution in [2.75, 3.05) is 19.4 Å². The van der Waals surface area contributed by atoms with Crippen LogP contribution in [-0.4, -0.2) is 30.8 Å². The lowest BCUT2D eigenvalue weighted by Crippen LogP contribution is -2.23. The van der Waals surface area contributed by atoms with Crippen molar-refractivity contribution in [3.8, 4) is 0 Å². The molecule has 0 fully saturated rings. The van der Waals surface area contributed by atoms with Gasteiger partial charge in [0.05, 0.1) is 17.5 Å². The summed E-state index contributed by atoms with van der Waals surface area (Å²) in [5.41, 5.74) is -3.15. The monoisotopic (exact) mass is 418 g/mol. The van der Waals surface area contributed by atoms with E-state index in [1.807, 2.05) is 0 Å². The fourth-order valence-corrected chi connectivity index (χ4v) is 2.33. The second-order valence-electron chi connectivity index (χ2n) is 6.41. The fraction of sp³-hybridized carbons (Fsp3) is 0.263. The maximum Gasteiger partial charge on any atom is 0.416 e. The molecule has 0 heterocycles. The molecule has 156 valence electrons. The van der Waals surface area contributed by atoms with Crippen LogP contribution < -0.4 is 5.32 Å². The number of carbonyl (C=O) groups excluding carboxylic acids is 2. The van der Waals surface area contributed by atoms with Gasteiger partial charge in [-0.1, -0.05) is 12.1 Å². The molecule has 2 aromatic carbocycles. The van der Waals surface area contributed by atoms with Gasteiger partial charge in [-0.15, -0.1) is 0 Å². The first-order chi connectivity index (χ1) is 13.3. The average molecular weight is 418 g/mol. The highest BCUT2D eigenvalue weighted by atomic mass is 19.4. The molecule has 2 amide bonds. The summed E-state index contributed by atoms with van der Waals surface area (Å²) in [5, 5.41) is 2.25. The fourth-order valence-electron chi connectivity index (χ4n) is 2.33. The third-order valence-electron chi connectivity index (χ3n) is 3.92. The van der Waals surface area contributed by atoms with E-state index in [0.717, 1.165) is 0 Å². The van der Waals surface area contributed by atoms with Crippen LogP contribution in [0.15, 0.2) is 42.5 Å². The van der Waals surface area contributed by atoms with Crippen molar-refractivity contribution in [3.63, 3.8) is 0 Å². The van der Waals surface area contributed by atoms with Crippen LogP contribution in [0.25, 0.3) is 0 Å². The van der Waals surface area contributed by atoms with Crippen molar-refractivity contribution in [1.82, 2.24) is 4.90 Å². The van der Waals surface area contributed by atoms with Gasteiger partial charge in [0.2, 0.25) is 5.91 Å². The molecule has 0 aliphatic carbocycles. The predicted octanol–water partition coefficient (Wildman–Crippen LogP) is 4.61. The number of rotatable bonds is 4. The normalized spacial score (nSPS) is 11.9. The predicted molar refractivity (Wildman–Crippen MR) is 93.2 cm³/mol. The van der Waals surface area contributed by atoms with Gasteiger partial charge in [-0.25, -0.2) is 0 Å². The summed E-state index contributed by atoms with van der Waals surface area (Å²) >= 11 is 0. The van der Waals surface area contributed by atoms with Crippen molar-refractivity contribution in [2.45, 2.75) is 18.8 Å². The Morgan fingerprint density at radius 1 is 0.862 bits per heavy atom. The summed E-state index contributed by atoms with van der Waals surface area (Å²) in [5.74, 6) is -1.29. The van der Waals surface area contributed by atoms with Crippen LogP contribution in [0.3, 0.4) is 0 Å². The minimum absolute atomic E-state index is 0.0483. The third-order valence-corrected chi connectivity index (χ3v) is 3.92. The molecule has 29 heavy (non-hydrogen) atoms. The van der Waals surface area contributed by atoms with Crippen LogP contribution in [0.1, 0.15) is 27.0 Å². The lowest BCUT2D eigenvalue weighted by molar-refractivity contribution is -0.143. The molecule has 0 aliphatic rings. The first-order valence-corrected chi connectivity index (χ1v) is 8.17. The van der Waals surface area contributed by atoms with Gasteiger partial charge in [-0.2, -0.15) is 26.3 Å². The van der Waals surface area contributed by atoms with E-state index in [4.69, 9.17) is 0 Å². The number of hydrogen-bond donors (Lipinski definition) is 1. The maximum atomic E-state index is 12.9. The highest BCUT2D eigenvalue weighted by Gasteiger charge is 2.37. The van der Waals surface area contributed by atoms with E-state index < -0.39 is 35.0 Å². The molecule has 0 saturated heterocycles. The van der Waals surface area contributed by atoms with E-state index in [9.17, 15) is 35.9 Å². The van der Waals surface area contributed by atoms with Gasteiger partial charge in [0, 0.05) is 25.3 Å². The number of hydrogen-bond acceptors (Lipinski definition) is 2. The molecule has 10 heteroatoms. The van der Waals surface area contributed by atoms with Gasteiger partial charge in [0.1, 0.15) is 0 Å². The molecule has 0 aromatic heterocycles. The number of anilines is 1. The summed E-state index contributed by atoms with van der Waals surface area (Å²) < 4.78 is 77.4. The van der Waals surface area contributed by atoms with E-state index in [-0.39, 0.29) is 24.1 Å². The zero-order chi connectivity index (χ0) is 22.0. The minimum Gasteiger partial charge on any atom is -0.349 e. The second kappa shape index (κ2) is 8.14. The Balaban J connectivity index is 2.25. The Morgan fingerprint density at radius 2 is 1.34 bits per heavy atom. The maximum absolute atomic E-state index is 12.9. The highest BCUT2D eigenvalue weighted by molar-refractivity contribution is 6.04. The number of likely N-dealkylation sites (N-methyl/N-ethyl adjacent to an activating group) is 1. The number of nitrogens with one attached hydrogen (secondary N) is 1. The summed E-state index contributed by atoms with van der Waals surface area (Å²) in [6.45, 7) is 0. The summed E-state index contributed by atoms with van der Waals surface area (Å²) in [4.78, 5) is 25.3. The Bertz CT molecular complexity index is 870. The number of amides is 2. The highest BCUT2D eigenvalue weighted by Crippen LogP contribution is 2.36. The number of halogens is 6. The van der Waals surface area contributed by atoms with Crippen LogP contribution in [0.2, 0.25) is 0 Å². The van der Waals surface area contributed by atoms with Crippen molar-refractivity contribution in [3.05, 3.63) is 64.7 Å². The lowest BCUT2D eigenvalue weighted by atomic mass is 10.0. The molecule has 2 rings (SSSR count). The SMILES string of the molecule is CN(C)C(=O)Cc1ccc(NC(=O)c2cc(C(F)(F)F)cc(C(F)(F)F)c2)cc1. The van der Waals surface area contributed by atoms with E-state index in [1.165, 1.54) is 29.2 Å². The smallest absolute Gasteiger partial charge is 0.349 e. The molecule has 0 unspecified atom stereocenters.